The molecule has 37 heavy (non-hydrogen) atoms. The molecule has 0 spiro atoms. The Bertz CT molecular complexity index is 1190. The standard InChI is InChI=1S/C26H32N4O7/c1-16-22(23(33)17(2)31)20(15-30(16)26(36)7-6-21(32)28-25(26)35)24(34)27-13-18-4-3-5-19(12-18)14-29-8-10-37-11-9-29/h3-5,12,27,31,33-34,36H,1-2,6-11,13-15H2,(H,28,32,35)/b23-22+,24-20-. The number of imide groups is 1. The fraction of sp³-hybridized carbons (Fsp3) is 0.385. The molecule has 0 radical (unpaired) electrons. The average Bonchev–Trinajstić information content (AvgIpc) is 3.23. The van der Waals surface area contributed by atoms with Crippen LogP contribution in [0.3, 0.4) is 0 Å². The van der Waals surface area contributed by atoms with E-state index in [1.54, 1.807) is 0 Å². The lowest BCUT2D eigenvalue weighted by Gasteiger charge is -2.39. The lowest BCUT2D eigenvalue weighted by atomic mass is 9.99. The second-order valence-electron chi connectivity index (χ2n) is 9.29. The van der Waals surface area contributed by atoms with Gasteiger partial charge in [-0.05, 0) is 11.1 Å². The quantitative estimate of drug-likeness (QED) is 0.232. The molecule has 1 unspecified atom stereocenters. The average molecular weight is 513 g/mol. The van der Waals surface area contributed by atoms with Crippen molar-refractivity contribution in [2.24, 2.45) is 0 Å². The lowest BCUT2D eigenvalue weighted by molar-refractivity contribution is -0.167. The summed E-state index contributed by atoms with van der Waals surface area (Å²) < 4.78 is 5.40. The van der Waals surface area contributed by atoms with E-state index in [4.69, 9.17) is 4.74 Å². The van der Waals surface area contributed by atoms with Crippen LogP contribution in [0.15, 0.2) is 71.7 Å². The number of benzene rings is 1. The van der Waals surface area contributed by atoms with E-state index in [1.165, 1.54) is 4.90 Å². The molecule has 3 fully saturated rings. The molecule has 3 aliphatic rings. The van der Waals surface area contributed by atoms with Crippen molar-refractivity contribution in [1.82, 2.24) is 20.4 Å². The maximum Gasteiger partial charge on any atom is 0.279 e. The molecule has 1 atom stereocenters. The van der Waals surface area contributed by atoms with Gasteiger partial charge in [0.1, 0.15) is 0 Å². The number of allylic oxidation sites excluding steroid dienone is 1. The van der Waals surface area contributed by atoms with E-state index >= 15 is 0 Å². The van der Waals surface area contributed by atoms with Gasteiger partial charge in [-0.2, -0.15) is 0 Å². The maximum atomic E-state index is 12.5. The van der Waals surface area contributed by atoms with Gasteiger partial charge in [0.2, 0.25) is 11.6 Å². The van der Waals surface area contributed by atoms with Crippen molar-refractivity contribution < 1.29 is 34.8 Å². The Kier molecular flexibility index (Phi) is 7.58. The third-order valence-electron chi connectivity index (χ3n) is 6.75. The molecule has 11 nitrogen and oxygen atoms in total. The van der Waals surface area contributed by atoms with Crippen molar-refractivity contribution in [1.29, 1.82) is 0 Å². The number of likely N-dealkylation sites (tertiary alicyclic amines) is 1. The van der Waals surface area contributed by atoms with E-state index in [-0.39, 0.29) is 48.7 Å². The molecule has 198 valence electrons. The van der Waals surface area contributed by atoms with Crippen LogP contribution in [0.5, 0.6) is 0 Å². The number of hydrogen-bond acceptors (Lipinski definition) is 10. The zero-order valence-electron chi connectivity index (χ0n) is 20.5. The Balaban J connectivity index is 1.56. The molecule has 0 aromatic heterocycles. The van der Waals surface area contributed by atoms with Crippen LogP contribution in [0.1, 0.15) is 24.0 Å². The van der Waals surface area contributed by atoms with Crippen LogP contribution in [0, 0.1) is 0 Å². The summed E-state index contributed by atoms with van der Waals surface area (Å²) in [5.74, 6) is -3.11. The number of aliphatic hydroxyl groups excluding tert-OH is 3. The number of carbonyl (C=O) groups excluding carboxylic acids is 2. The number of ether oxygens (including phenoxy) is 1. The number of morpholine rings is 1. The fourth-order valence-corrected chi connectivity index (χ4v) is 4.71. The van der Waals surface area contributed by atoms with Crippen molar-refractivity contribution in [3.8, 4) is 0 Å². The van der Waals surface area contributed by atoms with Crippen LogP contribution in [-0.4, -0.2) is 80.6 Å². The molecule has 3 saturated heterocycles. The summed E-state index contributed by atoms with van der Waals surface area (Å²) in [6, 6.07) is 7.89. The van der Waals surface area contributed by atoms with Gasteiger partial charge < -0.3 is 35.4 Å². The highest BCUT2D eigenvalue weighted by molar-refractivity contribution is 6.02. The van der Waals surface area contributed by atoms with E-state index in [0.717, 1.165) is 30.8 Å². The molecule has 11 heteroatoms. The van der Waals surface area contributed by atoms with Crippen LogP contribution in [0.4, 0.5) is 0 Å². The number of nitrogens with one attached hydrogen (secondary N) is 2. The van der Waals surface area contributed by atoms with Crippen molar-refractivity contribution in [3.63, 3.8) is 0 Å². The third-order valence-corrected chi connectivity index (χ3v) is 6.75. The number of nitrogens with zero attached hydrogens (tertiary/aromatic N) is 2. The normalized spacial score (nSPS) is 25.6. The molecule has 1 aromatic carbocycles. The van der Waals surface area contributed by atoms with Crippen molar-refractivity contribution >= 4 is 11.8 Å². The first-order valence-electron chi connectivity index (χ1n) is 12.0. The number of rotatable bonds is 7. The topological polar surface area (TPSA) is 155 Å². The van der Waals surface area contributed by atoms with Gasteiger partial charge in [0.15, 0.2) is 17.4 Å². The van der Waals surface area contributed by atoms with Crippen LogP contribution >= 0.6 is 0 Å². The summed E-state index contributed by atoms with van der Waals surface area (Å²) in [4.78, 5) is 27.6. The van der Waals surface area contributed by atoms with Crippen LogP contribution < -0.4 is 10.6 Å². The molecule has 0 aliphatic carbocycles. The Morgan fingerprint density at radius 1 is 1.16 bits per heavy atom. The molecule has 4 rings (SSSR count). The highest BCUT2D eigenvalue weighted by Gasteiger charge is 2.50. The fourth-order valence-electron chi connectivity index (χ4n) is 4.71. The van der Waals surface area contributed by atoms with Crippen LogP contribution in [0.25, 0.3) is 0 Å². The highest BCUT2D eigenvalue weighted by atomic mass is 16.5. The Morgan fingerprint density at radius 2 is 1.86 bits per heavy atom. The van der Waals surface area contributed by atoms with Crippen molar-refractivity contribution in [3.05, 3.63) is 82.8 Å². The van der Waals surface area contributed by atoms with Gasteiger partial charge in [0.25, 0.3) is 5.91 Å². The maximum absolute atomic E-state index is 12.5. The minimum Gasteiger partial charge on any atom is -0.505 e. The lowest BCUT2D eigenvalue weighted by Crippen LogP contribution is -2.61. The molecular weight excluding hydrogens is 480 g/mol. The summed E-state index contributed by atoms with van der Waals surface area (Å²) in [6.45, 7) is 11.1. The first kappa shape index (κ1) is 26.3. The smallest absolute Gasteiger partial charge is 0.279 e. The van der Waals surface area contributed by atoms with Gasteiger partial charge in [0.05, 0.1) is 25.3 Å². The van der Waals surface area contributed by atoms with Gasteiger partial charge in [-0.1, -0.05) is 37.4 Å². The Morgan fingerprint density at radius 3 is 2.54 bits per heavy atom. The molecular formula is C26H32N4O7. The summed E-state index contributed by atoms with van der Waals surface area (Å²) >= 11 is 0. The van der Waals surface area contributed by atoms with E-state index in [9.17, 15) is 30.0 Å². The first-order valence-corrected chi connectivity index (χ1v) is 12.0. The molecule has 0 saturated carbocycles. The Hall–Kier alpha value is -3.80. The predicted octanol–water partition coefficient (Wildman–Crippen LogP) is 1.22. The summed E-state index contributed by atoms with van der Waals surface area (Å²) in [6.07, 6.45) is -0.309. The number of aliphatic hydroxyl groups is 4. The van der Waals surface area contributed by atoms with E-state index in [1.807, 2.05) is 24.3 Å². The Labute approximate surface area is 214 Å². The number of amides is 2. The van der Waals surface area contributed by atoms with Gasteiger partial charge in [0, 0.05) is 50.3 Å². The second-order valence-corrected chi connectivity index (χ2v) is 9.29. The third kappa shape index (κ3) is 5.48. The molecule has 1 aromatic rings. The van der Waals surface area contributed by atoms with Gasteiger partial charge in [-0.15, -0.1) is 0 Å². The van der Waals surface area contributed by atoms with Crippen LogP contribution in [0.2, 0.25) is 0 Å². The number of hydrogen-bond donors (Lipinski definition) is 6. The molecule has 3 heterocycles. The summed E-state index contributed by atoms with van der Waals surface area (Å²) in [5.41, 5.74) is -0.115. The minimum atomic E-state index is -2.14. The van der Waals surface area contributed by atoms with E-state index in [0.29, 0.717) is 13.2 Å². The molecule has 0 bridgehead atoms. The zero-order valence-corrected chi connectivity index (χ0v) is 20.5. The molecule has 2 amide bonds. The van der Waals surface area contributed by atoms with E-state index < -0.39 is 29.1 Å². The van der Waals surface area contributed by atoms with Crippen molar-refractivity contribution in [2.45, 2.75) is 31.7 Å². The largest absolute Gasteiger partial charge is 0.505 e. The molecule has 3 aliphatic heterocycles. The van der Waals surface area contributed by atoms with Gasteiger partial charge >= 0.3 is 0 Å². The second kappa shape index (κ2) is 10.7. The number of piperidine rings is 1. The monoisotopic (exact) mass is 512 g/mol. The zero-order chi connectivity index (χ0) is 26.7. The minimum absolute atomic E-state index is 0.0180. The first-order chi connectivity index (χ1) is 17.6. The predicted molar refractivity (Wildman–Crippen MR) is 134 cm³/mol. The molecule has 6 N–H and O–H groups in total. The SMILES string of the molecule is C=C(O)/C(O)=C1/C(=C)N(C2(O)CCC(=O)NC2=O)C/C1=C(/O)NCc1cccc(CN2CCOCC2)c1. The van der Waals surface area contributed by atoms with Gasteiger partial charge in [-0.3, -0.25) is 19.8 Å². The highest BCUT2D eigenvalue weighted by Crippen LogP contribution is 2.41. The van der Waals surface area contributed by atoms with Gasteiger partial charge in [-0.25, -0.2) is 0 Å². The van der Waals surface area contributed by atoms with E-state index in [2.05, 4.69) is 28.7 Å². The van der Waals surface area contributed by atoms with Crippen molar-refractivity contribution in [2.75, 3.05) is 32.8 Å². The van der Waals surface area contributed by atoms with Crippen LogP contribution in [-0.2, 0) is 27.4 Å². The summed E-state index contributed by atoms with van der Waals surface area (Å²) in [5, 5.41) is 47.4. The number of carbonyl (C=O) groups is 2. The summed E-state index contributed by atoms with van der Waals surface area (Å²) in [7, 11) is 0.